The average Bonchev–Trinajstić information content (AvgIpc) is 2.62. The molecule has 1 unspecified atom stereocenters. The number of aromatic nitrogens is 1. The van der Waals surface area contributed by atoms with Crippen LogP contribution in [0.1, 0.15) is 19.5 Å². The normalized spacial score (nSPS) is 18.3. The molecule has 0 aliphatic carbocycles. The highest BCUT2D eigenvalue weighted by molar-refractivity contribution is 14.0. The molecule has 1 aromatic heterocycles. The molecule has 1 aromatic carbocycles. The van der Waals surface area contributed by atoms with Gasteiger partial charge in [-0.1, -0.05) is 38.1 Å². The fraction of sp³-hybridized carbons (Fsp3) is 0.474. The number of pyridine rings is 1. The Bertz CT molecular complexity index is 714. The minimum absolute atomic E-state index is 0. The van der Waals surface area contributed by atoms with E-state index < -0.39 is 0 Å². The molecule has 3 rings (SSSR count). The highest BCUT2D eigenvalue weighted by Crippen LogP contribution is 2.25. The molecule has 0 radical (unpaired) electrons. The molecule has 1 aliphatic heterocycles. The van der Waals surface area contributed by atoms with Crippen LogP contribution in [-0.4, -0.2) is 47.0 Å². The lowest BCUT2D eigenvalue weighted by molar-refractivity contribution is 0.380. The lowest BCUT2D eigenvalue weighted by Crippen LogP contribution is -2.48. The van der Waals surface area contributed by atoms with Crippen molar-refractivity contribution in [3.63, 3.8) is 0 Å². The number of hydrogen-bond acceptors (Lipinski definition) is 3. The molecule has 6 heteroatoms. The molecule has 136 valence electrons. The van der Waals surface area contributed by atoms with Crippen LogP contribution >= 0.6 is 35.7 Å². The molecule has 1 N–H and O–H groups in total. The fourth-order valence-corrected chi connectivity index (χ4v) is 4.39. The van der Waals surface area contributed by atoms with Crippen molar-refractivity contribution in [2.75, 3.05) is 25.9 Å². The minimum Gasteiger partial charge on any atom is -0.351 e. The predicted molar refractivity (Wildman–Crippen MR) is 120 cm³/mol. The van der Waals surface area contributed by atoms with Gasteiger partial charge < -0.3 is 10.2 Å². The monoisotopic (exact) mass is 470 g/mol. The molecule has 4 nitrogen and oxygen atoms in total. The van der Waals surface area contributed by atoms with Crippen LogP contribution in [0.5, 0.6) is 0 Å². The van der Waals surface area contributed by atoms with Gasteiger partial charge in [0.2, 0.25) is 0 Å². The van der Waals surface area contributed by atoms with Gasteiger partial charge >= 0.3 is 0 Å². The SMILES string of the molecule is CN=C(NCc1nccc2ccccc12)N1CCSC(C(C)C)C1.I. The van der Waals surface area contributed by atoms with E-state index in [4.69, 9.17) is 0 Å². The Morgan fingerprint density at radius 1 is 1.36 bits per heavy atom. The quantitative estimate of drug-likeness (QED) is 0.418. The lowest BCUT2D eigenvalue weighted by atomic mass is 10.1. The van der Waals surface area contributed by atoms with Crippen molar-refractivity contribution < 1.29 is 0 Å². The molecule has 0 amide bonds. The Hall–Kier alpha value is -1.02. The summed E-state index contributed by atoms with van der Waals surface area (Å²) in [4.78, 5) is 11.4. The second kappa shape index (κ2) is 9.62. The number of rotatable bonds is 3. The van der Waals surface area contributed by atoms with Crippen molar-refractivity contribution >= 4 is 52.5 Å². The summed E-state index contributed by atoms with van der Waals surface area (Å²) in [5.74, 6) is 2.84. The first kappa shape index (κ1) is 20.3. The van der Waals surface area contributed by atoms with E-state index in [2.05, 4.69) is 76.1 Å². The average molecular weight is 470 g/mol. The van der Waals surface area contributed by atoms with Gasteiger partial charge in [0, 0.05) is 42.7 Å². The van der Waals surface area contributed by atoms with Crippen molar-refractivity contribution in [2.24, 2.45) is 10.9 Å². The maximum atomic E-state index is 4.56. The molecule has 1 fully saturated rings. The molecule has 0 spiro atoms. The summed E-state index contributed by atoms with van der Waals surface area (Å²) in [5, 5.41) is 6.62. The number of hydrogen-bond donors (Lipinski definition) is 1. The first-order valence-electron chi connectivity index (χ1n) is 8.59. The molecule has 1 atom stereocenters. The first-order chi connectivity index (χ1) is 11.7. The summed E-state index contributed by atoms with van der Waals surface area (Å²) in [6.45, 7) is 7.42. The second-order valence-electron chi connectivity index (χ2n) is 6.48. The molecular formula is C19H27IN4S. The maximum Gasteiger partial charge on any atom is 0.194 e. The number of guanidine groups is 1. The van der Waals surface area contributed by atoms with Crippen molar-refractivity contribution in [1.82, 2.24) is 15.2 Å². The summed E-state index contributed by atoms with van der Waals surface area (Å²) < 4.78 is 0. The van der Waals surface area contributed by atoms with Crippen molar-refractivity contribution in [1.29, 1.82) is 0 Å². The molecule has 25 heavy (non-hydrogen) atoms. The van der Waals surface area contributed by atoms with E-state index in [1.807, 2.05) is 13.2 Å². The van der Waals surface area contributed by atoms with E-state index >= 15 is 0 Å². The van der Waals surface area contributed by atoms with Crippen molar-refractivity contribution in [2.45, 2.75) is 25.6 Å². The van der Waals surface area contributed by atoms with Crippen LogP contribution in [0.15, 0.2) is 41.5 Å². The number of aliphatic imine (C=N–C) groups is 1. The van der Waals surface area contributed by atoms with Crippen LogP contribution in [0.2, 0.25) is 0 Å². The van der Waals surface area contributed by atoms with Gasteiger partial charge in [0.25, 0.3) is 0 Å². The van der Waals surface area contributed by atoms with Crippen LogP contribution < -0.4 is 5.32 Å². The Kier molecular flexibility index (Phi) is 7.81. The zero-order chi connectivity index (χ0) is 16.9. The largest absolute Gasteiger partial charge is 0.351 e. The standard InChI is InChI=1S/C19H26N4S.HI/c1-14(2)18-13-23(10-11-24-18)19(20-3)22-12-17-16-7-5-4-6-15(16)8-9-21-17;/h4-9,14,18H,10-13H2,1-3H3,(H,20,22);1H. The van der Waals surface area contributed by atoms with Crippen LogP contribution in [-0.2, 0) is 6.54 Å². The predicted octanol–water partition coefficient (Wildman–Crippen LogP) is 4.00. The van der Waals surface area contributed by atoms with Gasteiger partial charge in [-0.25, -0.2) is 0 Å². The Balaban J connectivity index is 0.00000225. The first-order valence-corrected chi connectivity index (χ1v) is 9.63. The third-order valence-electron chi connectivity index (χ3n) is 4.52. The van der Waals surface area contributed by atoms with Gasteiger partial charge in [-0.3, -0.25) is 9.98 Å². The molecule has 0 saturated carbocycles. The van der Waals surface area contributed by atoms with Gasteiger partial charge in [0.1, 0.15) is 0 Å². The number of benzene rings is 1. The number of fused-ring (bicyclic) bond motifs is 1. The summed E-state index contributed by atoms with van der Waals surface area (Å²) in [5.41, 5.74) is 1.07. The highest BCUT2D eigenvalue weighted by atomic mass is 127. The van der Waals surface area contributed by atoms with E-state index in [1.54, 1.807) is 0 Å². The van der Waals surface area contributed by atoms with Crippen molar-refractivity contribution in [3.8, 4) is 0 Å². The molecule has 0 bridgehead atoms. The summed E-state index contributed by atoms with van der Waals surface area (Å²) in [6.07, 6.45) is 1.88. The number of thioether (sulfide) groups is 1. The zero-order valence-electron chi connectivity index (χ0n) is 15.1. The van der Waals surface area contributed by atoms with E-state index in [0.29, 0.717) is 17.7 Å². The Morgan fingerprint density at radius 3 is 2.92 bits per heavy atom. The zero-order valence-corrected chi connectivity index (χ0v) is 18.3. The highest BCUT2D eigenvalue weighted by Gasteiger charge is 2.24. The van der Waals surface area contributed by atoms with Gasteiger partial charge in [-0.2, -0.15) is 11.8 Å². The van der Waals surface area contributed by atoms with Gasteiger partial charge in [0.05, 0.1) is 12.2 Å². The third kappa shape index (κ3) is 5.00. The van der Waals surface area contributed by atoms with Crippen LogP contribution in [0.25, 0.3) is 10.8 Å². The van der Waals surface area contributed by atoms with Gasteiger partial charge in [0.15, 0.2) is 5.96 Å². The molecule has 2 heterocycles. The van der Waals surface area contributed by atoms with Gasteiger partial charge in [-0.15, -0.1) is 24.0 Å². The van der Waals surface area contributed by atoms with Crippen LogP contribution in [0.3, 0.4) is 0 Å². The third-order valence-corrected chi connectivity index (χ3v) is 6.06. The number of nitrogens with one attached hydrogen (secondary N) is 1. The fourth-order valence-electron chi connectivity index (χ4n) is 3.09. The summed E-state index contributed by atoms with van der Waals surface area (Å²) in [6, 6.07) is 10.5. The van der Waals surface area contributed by atoms with E-state index in [-0.39, 0.29) is 24.0 Å². The maximum absolute atomic E-state index is 4.56. The lowest BCUT2D eigenvalue weighted by Gasteiger charge is -2.36. The van der Waals surface area contributed by atoms with Crippen LogP contribution in [0, 0.1) is 5.92 Å². The minimum atomic E-state index is 0. The van der Waals surface area contributed by atoms with Gasteiger partial charge in [-0.05, 0) is 17.4 Å². The topological polar surface area (TPSA) is 40.5 Å². The molecule has 2 aromatic rings. The number of halogens is 1. The van der Waals surface area contributed by atoms with E-state index in [1.165, 1.54) is 10.8 Å². The smallest absolute Gasteiger partial charge is 0.194 e. The van der Waals surface area contributed by atoms with E-state index in [9.17, 15) is 0 Å². The summed E-state index contributed by atoms with van der Waals surface area (Å²) >= 11 is 2.08. The number of nitrogens with zero attached hydrogens (tertiary/aromatic N) is 3. The van der Waals surface area contributed by atoms with Crippen molar-refractivity contribution in [3.05, 3.63) is 42.2 Å². The second-order valence-corrected chi connectivity index (χ2v) is 7.83. The Labute approximate surface area is 171 Å². The molecular weight excluding hydrogens is 443 g/mol. The summed E-state index contributed by atoms with van der Waals surface area (Å²) in [7, 11) is 1.87. The molecule has 1 saturated heterocycles. The molecule has 1 aliphatic rings. The van der Waals surface area contributed by atoms with Crippen LogP contribution in [0.4, 0.5) is 0 Å². The van der Waals surface area contributed by atoms with E-state index in [0.717, 1.165) is 30.5 Å². The Morgan fingerprint density at radius 2 is 2.16 bits per heavy atom.